The Hall–Kier alpha value is -3.22. The first-order chi connectivity index (χ1) is 14.4. The standard InChI is InChI=1S/C23H26FN3O3/c1-15-6-5-7-16(2)20(15)26-22(29)21(28)25-14-17-10-12-27(13-11-17)23(30)18-8-3-4-9-19(18)24/h3-9,17H,10-14H2,1-2H3,(H,25,28)(H,26,29). The van der Waals surface area contributed by atoms with E-state index < -0.39 is 17.6 Å². The van der Waals surface area contributed by atoms with Crippen molar-refractivity contribution in [2.75, 3.05) is 25.0 Å². The number of carbonyl (C=O) groups is 3. The Labute approximate surface area is 175 Å². The predicted molar refractivity (Wildman–Crippen MR) is 113 cm³/mol. The van der Waals surface area contributed by atoms with Gasteiger partial charge in [0, 0.05) is 25.3 Å². The quantitative estimate of drug-likeness (QED) is 0.759. The fraction of sp³-hybridized carbons (Fsp3) is 0.348. The highest BCUT2D eigenvalue weighted by atomic mass is 19.1. The predicted octanol–water partition coefficient (Wildman–Crippen LogP) is 3.05. The molecule has 0 aliphatic carbocycles. The molecule has 6 nitrogen and oxygen atoms in total. The number of hydrogen-bond acceptors (Lipinski definition) is 3. The van der Waals surface area contributed by atoms with Crippen molar-refractivity contribution < 1.29 is 18.8 Å². The number of para-hydroxylation sites is 1. The second-order valence-electron chi connectivity index (χ2n) is 7.65. The number of amides is 3. The molecule has 7 heteroatoms. The molecule has 0 atom stereocenters. The van der Waals surface area contributed by atoms with E-state index in [2.05, 4.69) is 10.6 Å². The maximum Gasteiger partial charge on any atom is 0.313 e. The third-order valence-corrected chi connectivity index (χ3v) is 5.48. The lowest BCUT2D eigenvalue weighted by atomic mass is 9.96. The van der Waals surface area contributed by atoms with Gasteiger partial charge in [0.05, 0.1) is 5.56 Å². The van der Waals surface area contributed by atoms with E-state index in [0.717, 1.165) is 11.1 Å². The molecule has 0 bridgehead atoms. The fourth-order valence-corrected chi connectivity index (χ4v) is 3.64. The van der Waals surface area contributed by atoms with Crippen LogP contribution in [0.2, 0.25) is 0 Å². The van der Waals surface area contributed by atoms with Gasteiger partial charge in [-0.2, -0.15) is 0 Å². The van der Waals surface area contributed by atoms with Gasteiger partial charge in [-0.05, 0) is 55.9 Å². The molecule has 2 aromatic carbocycles. The van der Waals surface area contributed by atoms with Crippen molar-refractivity contribution in [3.8, 4) is 0 Å². The van der Waals surface area contributed by atoms with Gasteiger partial charge in [0.15, 0.2) is 0 Å². The highest BCUT2D eigenvalue weighted by Gasteiger charge is 2.26. The molecule has 1 fully saturated rings. The first-order valence-corrected chi connectivity index (χ1v) is 10.1. The number of benzene rings is 2. The Balaban J connectivity index is 1.46. The van der Waals surface area contributed by atoms with E-state index in [1.54, 1.807) is 17.0 Å². The molecule has 158 valence electrons. The van der Waals surface area contributed by atoms with Crippen molar-refractivity contribution in [2.24, 2.45) is 5.92 Å². The van der Waals surface area contributed by atoms with E-state index in [-0.39, 0.29) is 17.4 Å². The van der Waals surface area contributed by atoms with Gasteiger partial charge in [0.1, 0.15) is 5.82 Å². The van der Waals surface area contributed by atoms with E-state index in [4.69, 9.17) is 0 Å². The topological polar surface area (TPSA) is 78.5 Å². The zero-order valence-electron chi connectivity index (χ0n) is 17.2. The summed E-state index contributed by atoms with van der Waals surface area (Å²) >= 11 is 0. The number of likely N-dealkylation sites (tertiary alicyclic amines) is 1. The van der Waals surface area contributed by atoms with E-state index >= 15 is 0 Å². The van der Waals surface area contributed by atoms with Crippen LogP contribution in [0.25, 0.3) is 0 Å². The van der Waals surface area contributed by atoms with Gasteiger partial charge in [-0.15, -0.1) is 0 Å². The van der Waals surface area contributed by atoms with Crippen LogP contribution in [-0.4, -0.2) is 42.3 Å². The minimum atomic E-state index is -0.695. The van der Waals surface area contributed by atoms with Gasteiger partial charge in [-0.3, -0.25) is 14.4 Å². The number of nitrogens with zero attached hydrogens (tertiary/aromatic N) is 1. The number of piperidine rings is 1. The SMILES string of the molecule is Cc1cccc(C)c1NC(=O)C(=O)NCC1CCN(C(=O)c2ccccc2F)CC1. The highest BCUT2D eigenvalue weighted by Crippen LogP contribution is 2.21. The Bertz CT molecular complexity index is 932. The number of anilines is 1. The van der Waals surface area contributed by atoms with Crippen LogP contribution in [0.3, 0.4) is 0 Å². The summed E-state index contributed by atoms with van der Waals surface area (Å²) < 4.78 is 13.8. The third-order valence-electron chi connectivity index (χ3n) is 5.48. The summed E-state index contributed by atoms with van der Waals surface area (Å²) in [6, 6.07) is 11.6. The summed E-state index contributed by atoms with van der Waals surface area (Å²) in [5, 5.41) is 5.35. The van der Waals surface area contributed by atoms with Crippen LogP contribution in [0.15, 0.2) is 42.5 Å². The van der Waals surface area contributed by atoms with E-state index in [0.29, 0.717) is 38.2 Å². The van der Waals surface area contributed by atoms with Gasteiger partial charge in [-0.1, -0.05) is 30.3 Å². The summed E-state index contributed by atoms with van der Waals surface area (Å²) in [5.74, 6) is -2.05. The maximum absolute atomic E-state index is 13.8. The molecule has 2 N–H and O–H groups in total. The van der Waals surface area contributed by atoms with E-state index in [1.807, 2.05) is 32.0 Å². The van der Waals surface area contributed by atoms with Crippen LogP contribution < -0.4 is 10.6 Å². The molecule has 1 aliphatic heterocycles. The summed E-state index contributed by atoms with van der Waals surface area (Å²) in [4.78, 5) is 38.5. The second kappa shape index (κ2) is 9.52. The first-order valence-electron chi connectivity index (χ1n) is 10.1. The number of aryl methyl sites for hydroxylation is 2. The number of hydrogen-bond donors (Lipinski definition) is 2. The molecule has 1 aliphatic rings. The lowest BCUT2D eigenvalue weighted by Crippen LogP contribution is -2.43. The highest BCUT2D eigenvalue weighted by molar-refractivity contribution is 6.39. The summed E-state index contributed by atoms with van der Waals surface area (Å²) in [5.41, 5.74) is 2.51. The minimum Gasteiger partial charge on any atom is -0.348 e. The first kappa shape index (κ1) is 21.5. The Morgan fingerprint density at radius 1 is 0.967 bits per heavy atom. The van der Waals surface area contributed by atoms with Crippen LogP contribution in [0, 0.1) is 25.6 Å². The van der Waals surface area contributed by atoms with Crippen molar-refractivity contribution in [1.29, 1.82) is 0 Å². The van der Waals surface area contributed by atoms with Crippen LogP contribution in [0.4, 0.5) is 10.1 Å². The van der Waals surface area contributed by atoms with Crippen LogP contribution in [0.1, 0.15) is 34.3 Å². The van der Waals surface area contributed by atoms with Crippen molar-refractivity contribution in [3.63, 3.8) is 0 Å². The van der Waals surface area contributed by atoms with Gasteiger partial charge < -0.3 is 15.5 Å². The van der Waals surface area contributed by atoms with Crippen LogP contribution >= 0.6 is 0 Å². The number of carbonyl (C=O) groups excluding carboxylic acids is 3. The van der Waals surface area contributed by atoms with Gasteiger partial charge >= 0.3 is 11.8 Å². The fourth-order valence-electron chi connectivity index (χ4n) is 3.64. The molecule has 3 rings (SSSR count). The number of nitrogens with one attached hydrogen (secondary N) is 2. The summed E-state index contributed by atoms with van der Waals surface area (Å²) in [6.07, 6.45) is 1.36. The molecular formula is C23H26FN3O3. The van der Waals surface area contributed by atoms with Crippen molar-refractivity contribution in [2.45, 2.75) is 26.7 Å². The van der Waals surface area contributed by atoms with Gasteiger partial charge in [0.2, 0.25) is 0 Å². The smallest absolute Gasteiger partial charge is 0.313 e. The molecule has 0 radical (unpaired) electrons. The summed E-state index contributed by atoms with van der Waals surface area (Å²) in [7, 11) is 0. The molecule has 2 aromatic rings. The van der Waals surface area contributed by atoms with E-state index in [9.17, 15) is 18.8 Å². The molecule has 0 spiro atoms. The molecule has 1 saturated heterocycles. The Kier molecular flexibility index (Phi) is 6.82. The normalized spacial score (nSPS) is 14.3. The second-order valence-corrected chi connectivity index (χ2v) is 7.65. The number of rotatable bonds is 4. The average molecular weight is 411 g/mol. The van der Waals surface area contributed by atoms with Crippen LogP contribution in [0.5, 0.6) is 0 Å². The molecule has 0 unspecified atom stereocenters. The van der Waals surface area contributed by atoms with Crippen molar-refractivity contribution in [3.05, 3.63) is 65.0 Å². The number of halogens is 1. The van der Waals surface area contributed by atoms with Gasteiger partial charge in [0.25, 0.3) is 5.91 Å². The van der Waals surface area contributed by atoms with Crippen molar-refractivity contribution >= 4 is 23.4 Å². The zero-order valence-corrected chi connectivity index (χ0v) is 17.2. The largest absolute Gasteiger partial charge is 0.348 e. The summed E-state index contributed by atoms with van der Waals surface area (Å²) in [6.45, 7) is 5.08. The van der Waals surface area contributed by atoms with Crippen molar-refractivity contribution in [1.82, 2.24) is 10.2 Å². The molecule has 0 aromatic heterocycles. The molecular weight excluding hydrogens is 385 g/mol. The molecule has 30 heavy (non-hydrogen) atoms. The van der Waals surface area contributed by atoms with Gasteiger partial charge in [-0.25, -0.2) is 4.39 Å². The average Bonchev–Trinajstić information content (AvgIpc) is 2.75. The van der Waals surface area contributed by atoms with Crippen LogP contribution in [-0.2, 0) is 9.59 Å². The maximum atomic E-state index is 13.8. The zero-order chi connectivity index (χ0) is 21.7. The Morgan fingerprint density at radius 3 is 2.23 bits per heavy atom. The third kappa shape index (κ3) is 5.03. The molecule has 3 amide bonds. The lowest BCUT2D eigenvalue weighted by Gasteiger charge is -2.32. The van der Waals surface area contributed by atoms with E-state index in [1.165, 1.54) is 12.1 Å². The molecule has 1 heterocycles. The minimum absolute atomic E-state index is 0.0763. The monoisotopic (exact) mass is 411 g/mol. The Morgan fingerprint density at radius 2 is 1.60 bits per heavy atom. The molecule has 0 saturated carbocycles. The lowest BCUT2D eigenvalue weighted by molar-refractivity contribution is -0.136.